The highest BCUT2D eigenvalue weighted by Gasteiger charge is 2.26. The van der Waals surface area contributed by atoms with E-state index in [1.165, 1.54) is 0 Å². The molecule has 0 spiro atoms. The van der Waals surface area contributed by atoms with Crippen LogP contribution < -0.4 is 9.47 Å². The van der Waals surface area contributed by atoms with Crippen LogP contribution in [-0.4, -0.2) is 25.8 Å². The lowest BCUT2D eigenvalue weighted by atomic mass is 9.97. The van der Waals surface area contributed by atoms with Crippen LogP contribution in [0.3, 0.4) is 0 Å². The van der Waals surface area contributed by atoms with E-state index in [1.807, 2.05) is 48.5 Å². The molecule has 0 saturated carbocycles. The summed E-state index contributed by atoms with van der Waals surface area (Å²) in [5.41, 5.74) is 1.05. The average Bonchev–Trinajstić information content (AvgIpc) is 2.58. The van der Waals surface area contributed by atoms with E-state index in [4.69, 9.17) is 14.2 Å². The molecule has 0 radical (unpaired) electrons. The van der Waals surface area contributed by atoms with E-state index in [0.29, 0.717) is 19.6 Å². The first-order valence-electron chi connectivity index (χ1n) is 7.48. The van der Waals surface area contributed by atoms with Gasteiger partial charge in [-0.15, -0.1) is 0 Å². The van der Waals surface area contributed by atoms with Crippen molar-refractivity contribution >= 4 is 21.9 Å². The van der Waals surface area contributed by atoms with Crippen LogP contribution in [0.4, 0.5) is 0 Å². The quantitative estimate of drug-likeness (QED) is 0.590. The van der Waals surface area contributed by atoms with Crippen molar-refractivity contribution in [3.05, 3.63) is 58.6 Å². The number of esters is 1. The molecule has 1 heterocycles. The molecule has 4 nitrogen and oxygen atoms in total. The molecule has 2 aromatic carbocycles. The van der Waals surface area contributed by atoms with E-state index in [1.54, 1.807) is 0 Å². The molecule has 5 heteroatoms. The summed E-state index contributed by atoms with van der Waals surface area (Å²) >= 11 is 3.38. The van der Waals surface area contributed by atoms with E-state index < -0.39 is 0 Å². The Kier molecular flexibility index (Phi) is 5.18. The van der Waals surface area contributed by atoms with Gasteiger partial charge in [-0.1, -0.05) is 40.2 Å². The zero-order valence-corrected chi connectivity index (χ0v) is 14.1. The van der Waals surface area contributed by atoms with Gasteiger partial charge in [-0.2, -0.15) is 0 Å². The number of rotatable bonds is 5. The number of halogens is 1. The zero-order chi connectivity index (χ0) is 16.1. The maximum absolute atomic E-state index is 12.1. The number of benzene rings is 2. The van der Waals surface area contributed by atoms with Crippen molar-refractivity contribution in [2.45, 2.75) is 6.42 Å². The first-order chi connectivity index (χ1) is 11.2. The smallest absolute Gasteiger partial charge is 0.312 e. The molecule has 1 aliphatic heterocycles. The molecule has 0 saturated heterocycles. The number of carbonyl (C=O) groups is 1. The molecule has 2 aromatic rings. The standard InChI is InChI=1S/C18H17BrO4/c19-15-5-3-6-16(11-15)21-8-9-22-18(20)14-10-13-4-1-2-7-17(13)23-12-14/h1-7,11,14H,8-10,12H2. The summed E-state index contributed by atoms with van der Waals surface area (Å²) in [4.78, 5) is 12.1. The van der Waals surface area contributed by atoms with Crippen molar-refractivity contribution < 1.29 is 19.0 Å². The summed E-state index contributed by atoms with van der Waals surface area (Å²) in [7, 11) is 0. The van der Waals surface area contributed by atoms with Gasteiger partial charge in [0.15, 0.2) is 0 Å². The van der Waals surface area contributed by atoms with Gasteiger partial charge in [0.25, 0.3) is 0 Å². The fourth-order valence-electron chi connectivity index (χ4n) is 2.46. The number of hydrogen-bond donors (Lipinski definition) is 0. The molecule has 0 aliphatic carbocycles. The molecule has 120 valence electrons. The predicted octanol–water partition coefficient (Wildman–Crippen LogP) is 3.62. The largest absolute Gasteiger partial charge is 0.492 e. The van der Waals surface area contributed by atoms with Gasteiger partial charge in [0.05, 0.1) is 5.92 Å². The molecule has 0 aromatic heterocycles. The lowest BCUT2D eigenvalue weighted by molar-refractivity contribution is -0.150. The van der Waals surface area contributed by atoms with Crippen LogP contribution in [-0.2, 0) is 16.0 Å². The maximum atomic E-state index is 12.1. The van der Waals surface area contributed by atoms with Crippen molar-refractivity contribution in [1.82, 2.24) is 0 Å². The SMILES string of the molecule is O=C(OCCOc1cccc(Br)c1)C1COc2ccccc2C1. The third-order valence-electron chi connectivity index (χ3n) is 3.60. The molecule has 1 aliphatic rings. The number of carbonyl (C=O) groups excluding carboxylic acids is 1. The first kappa shape index (κ1) is 15.9. The summed E-state index contributed by atoms with van der Waals surface area (Å²) < 4.78 is 17.4. The second-order valence-corrected chi connectivity index (χ2v) is 6.21. The van der Waals surface area contributed by atoms with Crippen LogP contribution in [0, 0.1) is 5.92 Å². The third-order valence-corrected chi connectivity index (χ3v) is 4.10. The van der Waals surface area contributed by atoms with Gasteiger partial charge in [0, 0.05) is 4.47 Å². The summed E-state index contributed by atoms with van der Waals surface area (Å²) in [5, 5.41) is 0. The predicted molar refractivity (Wildman–Crippen MR) is 89.7 cm³/mol. The minimum Gasteiger partial charge on any atom is -0.492 e. The van der Waals surface area contributed by atoms with Crippen LogP contribution in [0.15, 0.2) is 53.0 Å². The van der Waals surface area contributed by atoms with Gasteiger partial charge in [-0.25, -0.2) is 0 Å². The highest BCUT2D eigenvalue weighted by molar-refractivity contribution is 9.10. The Labute approximate surface area is 143 Å². The molecule has 1 atom stereocenters. The van der Waals surface area contributed by atoms with E-state index in [2.05, 4.69) is 15.9 Å². The number of ether oxygens (including phenoxy) is 3. The van der Waals surface area contributed by atoms with Gasteiger partial charge in [0.1, 0.15) is 31.3 Å². The first-order valence-corrected chi connectivity index (χ1v) is 8.27. The lowest BCUT2D eigenvalue weighted by Gasteiger charge is -2.23. The van der Waals surface area contributed by atoms with Crippen molar-refractivity contribution in [2.24, 2.45) is 5.92 Å². The maximum Gasteiger partial charge on any atom is 0.312 e. The van der Waals surface area contributed by atoms with E-state index in [0.717, 1.165) is 21.5 Å². The van der Waals surface area contributed by atoms with Crippen LogP contribution in [0.5, 0.6) is 11.5 Å². The summed E-state index contributed by atoms with van der Waals surface area (Å²) in [6.07, 6.45) is 0.654. The molecular formula is C18H17BrO4. The number of hydrogen-bond acceptors (Lipinski definition) is 4. The van der Waals surface area contributed by atoms with E-state index in [9.17, 15) is 4.79 Å². The average molecular weight is 377 g/mol. The van der Waals surface area contributed by atoms with Crippen molar-refractivity contribution in [2.75, 3.05) is 19.8 Å². The second kappa shape index (κ2) is 7.51. The Morgan fingerprint density at radius 3 is 2.91 bits per heavy atom. The Morgan fingerprint density at radius 2 is 2.04 bits per heavy atom. The Balaban J connectivity index is 1.43. The molecule has 0 amide bonds. The van der Waals surface area contributed by atoms with E-state index in [-0.39, 0.29) is 18.5 Å². The highest BCUT2D eigenvalue weighted by atomic mass is 79.9. The Hall–Kier alpha value is -2.01. The number of para-hydroxylation sites is 1. The van der Waals surface area contributed by atoms with Gasteiger partial charge in [-0.05, 0) is 36.2 Å². The molecule has 0 fully saturated rings. The topological polar surface area (TPSA) is 44.8 Å². The van der Waals surface area contributed by atoms with E-state index >= 15 is 0 Å². The summed E-state index contributed by atoms with van der Waals surface area (Å²) in [5.74, 6) is 1.10. The van der Waals surface area contributed by atoms with Gasteiger partial charge < -0.3 is 14.2 Å². The van der Waals surface area contributed by atoms with Crippen molar-refractivity contribution in [1.29, 1.82) is 0 Å². The fraction of sp³-hybridized carbons (Fsp3) is 0.278. The van der Waals surface area contributed by atoms with Crippen LogP contribution in [0.1, 0.15) is 5.56 Å². The fourth-order valence-corrected chi connectivity index (χ4v) is 2.83. The minimum atomic E-state index is -0.254. The monoisotopic (exact) mass is 376 g/mol. The normalized spacial score (nSPS) is 16.1. The molecule has 23 heavy (non-hydrogen) atoms. The molecule has 1 unspecified atom stereocenters. The Morgan fingerprint density at radius 1 is 1.17 bits per heavy atom. The zero-order valence-electron chi connectivity index (χ0n) is 12.5. The van der Waals surface area contributed by atoms with Crippen LogP contribution in [0.2, 0.25) is 0 Å². The molecule has 0 N–H and O–H groups in total. The van der Waals surface area contributed by atoms with Crippen LogP contribution in [0.25, 0.3) is 0 Å². The van der Waals surface area contributed by atoms with Gasteiger partial charge >= 0.3 is 5.97 Å². The van der Waals surface area contributed by atoms with Crippen molar-refractivity contribution in [3.63, 3.8) is 0 Å². The molecule has 0 bridgehead atoms. The molecular weight excluding hydrogens is 360 g/mol. The minimum absolute atomic E-state index is 0.226. The van der Waals surface area contributed by atoms with Gasteiger partial charge in [-0.3, -0.25) is 4.79 Å². The number of fused-ring (bicyclic) bond motifs is 1. The summed E-state index contributed by atoms with van der Waals surface area (Å²) in [6.45, 7) is 0.915. The lowest BCUT2D eigenvalue weighted by Crippen LogP contribution is -2.30. The highest BCUT2D eigenvalue weighted by Crippen LogP contribution is 2.27. The third kappa shape index (κ3) is 4.26. The second-order valence-electron chi connectivity index (χ2n) is 5.29. The van der Waals surface area contributed by atoms with Crippen LogP contribution >= 0.6 is 15.9 Å². The Bertz CT molecular complexity index is 686. The van der Waals surface area contributed by atoms with Crippen molar-refractivity contribution in [3.8, 4) is 11.5 Å². The summed E-state index contributed by atoms with van der Waals surface area (Å²) in [6, 6.07) is 15.3. The van der Waals surface area contributed by atoms with Gasteiger partial charge in [0.2, 0.25) is 0 Å². The molecule has 3 rings (SSSR count).